The fourth-order valence-electron chi connectivity index (χ4n) is 2.61. The minimum atomic E-state index is -0.665. The van der Waals surface area contributed by atoms with Gasteiger partial charge in [0.1, 0.15) is 23.5 Å². The maximum atomic E-state index is 13.3. The maximum Gasteiger partial charge on any atom is 0.414 e. The summed E-state index contributed by atoms with van der Waals surface area (Å²) in [7, 11) is 0. The Balaban J connectivity index is 2.15. The molecule has 1 amide bonds. The third-order valence-electron chi connectivity index (χ3n) is 4.68. The van der Waals surface area contributed by atoms with E-state index in [9.17, 15) is 14.0 Å². The second kappa shape index (κ2) is 7.30. The molecule has 6 heteroatoms. The van der Waals surface area contributed by atoms with E-state index < -0.39 is 24.1 Å². The Morgan fingerprint density at radius 3 is 2.79 bits per heavy atom. The molecule has 1 unspecified atom stereocenters. The summed E-state index contributed by atoms with van der Waals surface area (Å²) in [6, 6.07) is 3.63. The van der Waals surface area contributed by atoms with Gasteiger partial charge < -0.3 is 10.1 Å². The van der Waals surface area contributed by atoms with Gasteiger partial charge in [-0.2, -0.15) is 0 Å². The zero-order valence-electron chi connectivity index (χ0n) is 14.6. The second-order valence-electron chi connectivity index (χ2n) is 7.04. The molecule has 1 aromatic carbocycles. The van der Waals surface area contributed by atoms with Gasteiger partial charge in [-0.25, -0.2) is 9.18 Å². The summed E-state index contributed by atoms with van der Waals surface area (Å²) in [5.74, 6) is -0.297. The van der Waals surface area contributed by atoms with Gasteiger partial charge in [0.05, 0.1) is 6.04 Å². The zero-order valence-corrected chi connectivity index (χ0v) is 14.6. The average molecular weight is 336 g/mol. The molecule has 2 N–H and O–H groups in total. The van der Waals surface area contributed by atoms with Gasteiger partial charge in [-0.3, -0.25) is 10.1 Å². The van der Waals surface area contributed by atoms with E-state index in [-0.39, 0.29) is 16.9 Å². The number of ketones is 1. The molecule has 132 valence electrons. The number of rotatable bonds is 7. The summed E-state index contributed by atoms with van der Waals surface area (Å²) < 4.78 is 18.3. The lowest BCUT2D eigenvalue weighted by molar-refractivity contribution is -0.119. The number of ether oxygens (including phenoxy) is 1. The molecule has 0 bridgehead atoms. The highest BCUT2D eigenvalue weighted by Crippen LogP contribution is 2.30. The molecule has 0 fully saturated rings. The van der Waals surface area contributed by atoms with Crippen LogP contribution in [0.15, 0.2) is 18.2 Å². The van der Waals surface area contributed by atoms with Crippen LogP contribution >= 0.6 is 0 Å². The van der Waals surface area contributed by atoms with Crippen LogP contribution < -0.4 is 15.4 Å². The molecule has 1 aliphatic rings. The van der Waals surface area contributed by atoms with E-state index in [1.165, 1.54) is 19.1 Å². The zero-order chi connectivity index (χ0) is 17.9. The molecule has 0 saturated carbocycles. The number of hydrogen-bond donors (Lipinski definition) is 2. The first-order valence-electron chi connectivity index (χ1n) is 8.26. The third kappa shape index (κ3) is 4.54. The minimum Gasteiger partial charge on any atom is -0.410 e. The maximum absolute atomic E-state index is 13.3. The Bertz CT molecular complexity index is 631. The predicted molar refractivity (Wildman–Crippen MR) is 89.2 cm³/mol. The molecule has 0 saturated heterocycles. The van der Waals surface area contributed by atoms with Crippen molar-refractivity contribution in [3.63, 3.8) is 0 Å². The van der Waals surface area contributed by atoms with Crippen LogP contribution in [0.4, 0.5) is 9.18 Å². The molecule has 2 rings (SSSR count). The molecule has 1 aliphatic heterocycles. The van der Waals surface area contributed by atoms with Crippen LogP contribution in [0.1, 0.15) is 58.7 Å². The van der Waals surface area contributed by atoms with Crippen LogP contribution in [-0.2, 0) is 4.79 Å². The minimum absolute atomic E-state index is 0.00584. The fourth-order valence-corrected chi connectivity index (χ4v) is 2.61. The third-order valence-corrected chi connectivity index (χ3v) is 4.68. The van der Waals surface area contributed by atoms with Gasteiger partial charge in [-0.15, -0.1) is 0 Å². The highest BCUT2D eigenvalue weighted by atomic mass is 19.1. The van der Waals surface area contributed by atoms with Crippen molar-refractivity contribution in [1.29, 1.82) is 0 Å². The fraction of sp³-hybridized carbons (Fsp3) is 0.556. The molecule has 1 heterocycles. The number of halogens is 1. The van der Waals surface area contributed by atoms with Crippen molar-refractivity contribution >= 4 is 11.9 Å². The summed E-state index contributed by atoms with van der Waals surface area (Å²) in [6.07, 6.45) is 1.32. The van der Waals surface area contributed by atoms with Gasteiger partial charge in [0.25, 0.3) is 0 Å². The highest BCUT2D eigenvalue weighted by molar-refractivity contribution is 5.81. The molecule has 2 atom stereocenters. The van der Waals surface area contributed by atoms with Gasteiger partial charge in [0, 0.05) is 11.6 Å². The summed E-state index contributed by atoms with van der Waals surface area (Å²) in [5.41, 5.74) is 0.756. The van der Waals surface area contributed by atoms with Crippen molar-refractivity contribution in [1.82, 2.24) is 10.6 Å². The molecule has 5 nitrogen and oxygen atoms in total. The summed E-state index contributed by atoms with van der Waals surface area (Å²) in [6.45, 7) is 7.99. The molecule has 0 aliphatic carbocycles. The average Bonchev–Trinajstić information content (AvgIpc) is 2.50. The van der Waals surface area contributed by atoms with E-state index in [1.54, 1.807) is 6.07 Å². The number of benzene rings is 1. The van der Waals surface area contributed by atoms with Crippen molar-refractivity contribution in [2.75, 3.05) is 0 Å². The Morgan fingerprint density at radius 1 is 1.46 bits per heavy atom. The summed E-state index contributed by atoms with van der Waals surface area (Å²) >= 11 is 0. The Hall–Kier alpha value is -1.95. The largest absolute Gasteiger partial charge is 0.414 e. The van der Waals surface area contributed by atoms with Crippen molar-refractivity contribution in [2.24, 2.45) is 5.41 Å². The van der Waals surface area contributed by atoms with E-state index in [2.05, 4.69) is 31.4 Å². The van der Waals surface area contributed by atoms with E-state index in [0.29, 0.717) is 12.0 Å². The number of hydrogen-bond acceptors (Lipinski definition) is 4. The lowest BCUT2D eigenvalue weighted by Crippen LogP contribution is -2.49. The van der Waals surface area contributed by atoms with Gasteiger partial charge in [0.2, 0.25) is 0 Å². The Kier molecular flexibility index (Phi) is 5.59. The summed E-state index contributed by atoms with van der Waals surface area (Å²) in [4.78, 5) is 23.7. The lowest BCUT2D eigenvalue weighted by atomic mass is 9.83. The van der Waals surface area contributed by atoms with Gasteiger partial charge in [-0.05, 0) is 37.3 Å². The highest BCUT2D eigenvalue weighted by Gasteiger charge is 2.30. The number of fused-ring (bicyclic) bond motifs is 1. The quantitative estimate of drug-likeness (QED) is 0.797. The van der Waals surface area contributed by atoms with Crippen LogP contribution in [0.5, 0.6) is 5.75 Å². The Morgan fingerprint density at radius 2 is 2.17 bits per heavy atom. The van der Waals surface area contributed by atoms with E-state index in [4.69, 9.17) is 4.74 Å². The second-order valence-corrected chi connectivity index (χ2v) is 7.04. The van der Waals surface area contributed by atoms with Crippen molar-refractivity contribution in [2.45, 2.75) is 59.2 Å². The first-order chi connectivity index (χ1) is 11.2. The van der Waals surface area contributed by atoms with Crippen LogP contribution in [-0.4, -0.2) is 17.9 Å². The Labute approximate surface area is 142 Å². The molecule has 0 spiro atoms. The van der Waals surface area contributed by atoms with Gasteiger partial charge in [-0.1, -0.05) is 27.2 Å². The molecule has 0 radical (unpaired) electrons. The molecule has 24 heavy (non-hydrogen) atoms. The lowest BCUT2D eigenvalue weighted by Gasteiger charge is -2.31. The van der Waals surface area contributed by atoms with E-state index in [1.807, 2.05) is 0 Å². The molecular formula is C18H25FN2O3. The number of carbonyl (C=O) groups excluding carboxylic acids is 2. The number of carbonyl (C=O) groups is 2. The standard InChI is InChI=1S/C18H25FN2O3/c1-5-18(3,4)9-8-14(11(2)22)20-16-13-7-6-12(19)10-15(13)24-17(23)21-16/h6-7,10,14,16,20H,5,8-9H2,1-4H3,(H,21,23)/t14-,16?/m0/s1. The number of amides is 1. The summed E-state index contributed by atoms with van der Waals surface area (Å²) in [5, 5.41) is 5.82. The molecule has 1 aromatic rings. The number of nitrogens with one attached hydrogen (secondary N) is 2. The van der Waals surface area contributed by atoms with E-state index >= 15 is 0 Å². The van der Waals surface area contributed by atoms with Crippen molar-refractivity contribution < 1.29 is 18.7 Å². The SMILES string of the molecule is CCC(C)(C)CC[C@H](NC1NC(=O)Oc2cc(F)ccc21)C(C)=O. The predicted octanol–water partition coefficient (Wildman–Crippen LogP) is 3.69. The van der Waals surface area contributed by atoms with Crippen LogP contribution in [0.25, 0.3) is 0 Å². The topological polar surface area (TPSA) is 67.4 Å². The normalized spacial score (nSPS) is 18.4. The molecular weight excluding hydrogens is 311 g/mol. The van der Waals surface area contributed by atoms with Crippen molar-refractivity contribution in [3.8, 4) is 5.75 Å². The van der Waals surface area contributed by atoms with Crippen LogP contribution in [0.2, 0.25) is 0 Å². The smallest absolute Gasteiger partial charge is 0.410 e. The van der Waals surface area contributed by atoms with Crippen LogP contribution in [0.3, 0.4) is 0 Å². The van der Waals surface area contributed by atoms with E-state index in [0.717, 1.165) is 12.8 Å². The monoisotopic (exact) mass is 336 g/mol. The number of Topliss-reactive ketones (excluding diaryl/α,β-unsaturated/α-hetero) is 1. The molecule has 0 aromatic heterocycles. The first kappa shape index (κ1) is 18.4. The van der Waals surface area contributed by atoms with Crippen LogP contribution in [0, 0.1) is 11.2 Å². The van der Waals surface area contributed by atoms with Gasteiger partial charge >= 0.3 is 6.09 Å². The van der Waals surface area contributed by atoms with Gasteiger partial charge in [0.15, 0.2) is 0 Å². The first-order valence-corrected chi connectivity index (χ1v) is 8.26. The van der Waals surface area contributed by atoms with Crippen molar-refractivity contribution in [3.05, 3.63) is 29.6 Å².